The van der Waals surface area contributed by atoms with E-state index >= 15 is 0 Å². The van der Waals surface area contributed by atoms with E-state index < -0.39 is 9.84 Å². The highest BCUT2D eigenvalue weighted by molar-refractivity contribution is 7.91. The minimum atomic E-state index is -2.84. The lowest BCUT2D eigenvalue weighted by atomic mass is 9.90. The van der Waals surface area contributed by atoms with Gasteiger partial charge in [0, 0.05) is 19.8 Å². The highest BCUT2D eigenvalue weighted by Crippen LogP contribution is 2.27. The monoisotopic (exact) mass is 264 g/mol. The predicted molar refractivity (Wildman–Crippen MR) is 67.7 cm³/mol. The Morgan fingerprint density at radius 1 is 1.41 bits per heavy atom. The van der Waals surface area contributed by atoms with Gasteiger partial charge in [-0.05, 0) is 31.1 Å². The minimum Gasteiger partial charge on any atom is -0.396 e. The summed E-state index contributed by atoms with van der Waals surface area (Å²) in [6.45, 7) is 3.57. The minimum absolute atomic E-state index is 0.0668. The average molecular weight is 264 g/mol. The Hall–Kier alpha value is -0.130. The van der Waals surface area contributed by atoms with E-state index in [-0.39, 0.29) is 29.9 Å². The molecule has 0 aliphatic carbocycles. The summed E-state index contributed by atoms with van der Waals surface area (Å²) in [5.74, 6) is 0.728. The zero-order valence-corrected chi connectivity index (χ0v) is 11.4. The molecule has 0 radical (unpaired) electrons. The number of hydrogen-bond acceptors (Lipinski definition) is 4. The predicted octanol–water partition coefficient (Wildman–Crippen LogP) is 1.24. The molecule has 102 valence electrons. The van der Waals surface area contributed by atoms with Crippen molar-refractivity contribution >= 4 is 9.84 Å². The molecule has 1 aliphatic heterocycles. The number of ether oxygens (including phenoxy) is 1. The molecule has 0 aromatic heterocycles. The van der Waals surface area contributed by atoms with Crippen LogP contribution < -0.4 is 0 Å². The Balaban J connectivity index is 2.24. The van der Waals surface area contributed by atoms with Crippen molar-refractivity contribution < 1.29 is 18.3 Å². The zero-order valence-electron chi connectivity index (χ0n) is 10.6. The Labute approximate surface area is 104 Å². The van der Waals surface area contributed by atoms with Crippen LogP contribution in [0.4, 0.5) is 0 Å². The maximum absolute atomic E-state index is 11.4. The maximum Gasteiger partial charge on any atom is 0.150 e. The molecule has 1 saturated heterocycles. The Bertz CT molecular complexity index is 300. The fourth-order valence-electron chi connectivity index (χ4n) is 2.25. The molecular weight excluding hydrogens is 240 g/mol. The molecule has 1 N–H and O–H groups in total. The topological polar surface area (TPSA) is 63.6 Å². The summed E-state index contributed by atoms with van der Waals surface area (Å²) in [6, 6.07) is 0. The lowest BCUT2D eigenvalue weighted by Gasteiger charge is -2.19. The van der Waals surface area contributed by atoms with Crippen LogP contribution >= 0.6 is 0 Å². The third-order valence-electron chi connectivity index (χ3n) is 3.44. The first-order chi connectivity index (χ1) is 8.09. The van der Waals surface area contributed by atoms with Crippen LogP contribution in [0, 0.1) is 11.8 Å². The quantitative estimate of drug-likeness (QED) is 0.670. The molecule has 0 aromatic rings. The molecule has 2 atom stereocenters. The highest BCUT2D eigenvalue weighted by Gasteiger charge is 2.32. The van der Waals surface area contributed by atoms with E-state index in [2.05, 4.69) is 6.92 Å². The van der Waals surface area contributed by atoms with Crippen molar-refractivity contribution in [3.8, 4) is 0 Å². The van der Waals surface area contributed by atoms with Gasteiger partial charge in [0.05, 0.1) is 11.5 Å². The second-order valence-electron chi connectivity index (χ2n) is 4.86. The van der Waals surface area contributed by atoms with Gasteiger partial charge in [-0.25, -0.2) is 8.42 Å². The van der Waals surface area contributed by atoms with Crippen LogP contribution in [0.2, 0.25) is 0 Å². The number of rotatable bonds is 8. The molecule has 1 aliphatic rings. The van der Waals surface area contributed by atoms with Gasteiger partial charge in [0.25, 0.3) is 0 Å². The lowest BCUT2D eigenvalue weighted by Crippen LogP contribution is -2.21. The molecule has 4 nitrogen and oxygen atoms in total. The zero-order chi connectivity index (χ0) is 12.7. The van der Waals surface area contributed by atoms with E-state index in [1.54, 1.807) is 0 Å². The number of aliphatic hydroxyl groups excluding tert-OH is 1. The molecule has 0 spiro atoms. The van der Waals surface area contributed by atoms with E-state index in [1.807, 2.05) is 0 Å². The second-order valence-corrected chi connectivity index (χ2v) is 7.09. The molecule has 0 aromatic carbocycles. The molecule has 0 amide bonds. The van der Waals surface area contributed by atoms with Crippen LogP contribution in [0.1, 0.15) is 32.6 Å². The number of aliphatic hydroxyl groups is 1. The summed E-state index contributed by atoms with van der Waals surface area (Å²) in [5.41, 5.74) is 0. The fraction of sp³-hybridized carbons (Fsp3) is 1.00. The van der Waals surface area contributed by atoms with Gasteiger partial charge in [-0.3, -0.25) is 0 Å². The van der Waals surface area contributed by atoms with Crippen LogP contribution in [-0.4, -0.2) is 44.9 Å². The molecule has 1 heterocycles. The maximum atomic E-state index is 11.4. The smallest absolute Gasteiger partial charge is 0.150 e. The Morgan fingerprint density at radius 2 is 2.18 bits per heavy atom. The van der Waals surface area contributed by atoms with Crippen LogP contribution in [-0.2, 0) is 14.6 Å². The largest absolute Gasteiger partial charge is 0.396 e. The van der Waals surface area contributed by atoms with Crippen molar-refractivity contribution in [3.05, 3.63) is 0 Å². The Kier molecular flexibility index (Phi) is 6.44. The fourth-order valence-corrected chi connectivity index (χ4v) is 4.17. The molecule has 0 bridgehead atoms. The summed E-state index contributed by atoms with van der Waals surface area (Å²) in [4.78, 5) is 0. The second kappa shape index (κ2) is 7.34. The van der Waals surface area contributed by atoms with Crippen molar-refractivity contribution in [2.45, 2.75) is 32.6 Å². The van der Waals surface area contributed by atoms with Gasteiger partial charge in [-0.1, -0.05) is 13.3 Å². The van der Waals surface area contributed by atoms with E-state index in [4.69, 9.17) is 4.74 Å². The van der Waals surface area contributed by atoms with Crippen molar-refractivity contribution in [3.63, 3.8) is 0 Å². The molecule has 0 saturated carbocycles. The van der Waals surface area contributed by atoms with Gasteiger partial charge >= 0.3 is 0 Å². The van der Waals surface area contributed by atoms with Crippen molar-refractivity contribution in [1.82, 2.24) is 0 Å². The first kappa shape index (κ1) is 14.9. The molecule has 5 heteroatoms. The van der Waals surface area contributed by atoms with Gasteiger partial charge < -0.3 is 9.84 Å². The lowest BCUT2D eigenvalue weighted by molar-refractivity contribution is 0.0902. The summed E-state index contributed by atoms with van der Waals surface area (Å²) >= 11 is 0. The molecule has 1 fully saturated rings. The van der Waals surface area contributed by atoms with Crippen molar-refractivity contribution in [2.24, 2.45) is 11.8 Å². The highest BCUT2D eigenvalue weighted by atomic mass is 32.2. The van der Waals surface area contributed by atoms with E-state index in [1.165, 1.54) is 0 Å². The molecule has 2 unspecified atom stereocenters. The first-order valence-electron chi connectivity index (χ1n) is 6.48. The summed E-state index contributed by atoms with van der Waals surface area (Å²) < 4.78 is 28.2. The molecular formula is C12H24O4S. The van der Waals surface area contributed by atoms with Gasteiger partial charge in [0.15, 0.2) is 9.84 Å². The van der Waals surface area contributed by atoms with Crippen LogP contribution in [0.25, 0.3) is 0 Å². The molecule has 1 rings (SSSR count). The van der Waals surface area contributed by atoms with Gasteiger partial charge in [-0.15, -0.1) is 0 Å². The number of sulfone groups is 1. The van der Waals surface area contributed by atoms with Crippen LogP contribution in [0.3, 0.4) is 0 Å². The van der Waals surface area contributed by atoms with Crippen molar-refractivity contribution in [2.75, 3.05) is 31.3 Å². The van der Waals surface area contributed by atoms with Gasteiger partial charge in [-0.2, -0.15) is 0 Å². The van der Waals surface area contributed by atoms with E-state index in [9.17, 15) is 13.5 Å². The van der Waals surface area contributed by atoms with Crippen molar-refractivity contribution in [1.29, 1.82) is 0 Å². The van der Waals surface area contributed by atoms with Gasteiger partial charge in [0.1, 0.15) is 0 Å². The summed E-state index contributed by atoms with van der Waals surface area (Å²) in [7, 11) is -2.84. The first-order valence-corrected chi connectivity index (χ1v) is 8.30. The molecule has 17 heavy (non-hydrogen) atoms. The normalized spacial score (nSPS) is 24.9. The van der Waals surface area contributed by atoms with Crippen LogP contribution in [0.15, 0.2) is 0 Å². The van der Waals surface area contributed by atoms with Gasteiger partial charge in [0.2, 0.25) is 0 Å². The number of hydrogen-bond donors (Lipinski definition) is 1. The van der Waals surface area contributed by atoms with E-state index in [0.717, 1.165) is 25.9 Å². The third-order valence-corrected chi connectivity index (χ3v) is 5.24. The SMILES string of the molecule is CCCCOCCC(CO)C1CCS(=O)(=O)C1. The van der Waals surface area contributed by atoms with Crippen LogP contribution in [0.5, 0.6) is 0 Å². The summed E-state index contributed by atoms with van der Waals surface area (Å²) in [5, 5.41) is 9.31. The standard InChI is InChI=1S/C12H24O4S/c1-2-3-6-16-7-4-11(9-13)12-5-8-17(14,15)10-12/h11-13H,2-10H2,1H3. The Morgan fingerprint density at radius 3 is 2.71 bits per heavy atom. The average Bonchev–Trinajstić information content (AvgIpc) is 2.64. The number of unbranched alkanes of at least 4 members (excludes halogenated alkanes) is 1. The van der Waals surface area contributed by atoms with E-state index in [0.29, 0.717) is 13.0 Å². The third kappa shape index (κ3) is 5.36. The summed E-state index contributed by atoms with van der Waals surface area (Å²) in [6.07, 6.45) is 3.63.